The summed E-state index contributed by atoms with van der Waals surface area (Å²) >= 11 is 0. The quantitative estimate of drug-likeness (QED) is 0.723. The van der Waals surface area contributed by atoms with Crippen LogP contribution in [0.2, 0.25) is 0 Å². The number of carbonyl (C=O) groups is 1. The number of aromatic amines is 1. The summed E-state index contributed by atoms with van der Waals surface area (Å²) in [4.78, 5) is 12.8. The fraction of sp³-hybridized carbons (Fsp3) is 0.474. The Morgan fingerprint density at radius 2 is 2.16 bits per heavy atom. The Morgan fingerprint density at radius 3 is 2.88 bits per heavy atom. The summed E-state index contributed by atoms with van der Waals surface area (Å²) in [6.45, 7) is 3.76. The minimum Gasteiger partial charge on any atom is -0.497 e. The SMILES string of the molecule is CCCCC(NC(=O)c1n[nH]c2c1CNCC2)c1ccc(OC)cc1. The van der Waals surface area contributed by atoms with Crippen LogP contribution in [0.3, 0.4) is 0 Å². The highest BCUT2D eigenvalue weighted by atomic mass is 16.5. The highest BCUT2D eigenvalue weighted by molar-refractivity contribution is 5.94. The molecule has 0 fully saturated rings. The number of nitrogens with one attached hydrogen (secondary N) is 3. The molecule has 0 saturated carbocycles. The third-order valence-electron chi connectivity index (χ3n) is 4.69. The van der Waals surface area contributed by atoms with Gasteiger partial charge in [-0.05, 0) is 24.1 Å². The smallest absolute Gasteiger partial charge is 0.272 e. The molecule has 3 N–H and O–H groups in total. The molecule has 2 aromatic rings. The number of amides is 1. The number of nitrogens with zero attached hydrogens (tertiary/aromatic N) is 1. The number of benzene rings is 1. The number of unbranched alkanes of at least 4 members (excludes halogenated alkanes) is 1. The Labute approximate surface area is 148 Å². The van der Waals surface area contributed by atoms with Gasteiger partial charge in [0, 0.05) is 30.8 Å². The van der Waals surface area contributed by atoms with Crippen LogP contribution in [0.1, 0.15) is 59.5 Å². The van der Waals surface area contributed by atoms with E-state index in [1.165, 1.54) is 0 Å². The second-order valence-corrected chi connectivity index (χ2v) is 6.40. The van der Waals surface area contributed by atoms with E-state index < -0.39 is 0 Å². The van der Waals surface area contributed by atoms with Crippen molar-refractivity contribution in [3.63, 3.8) is 0 Å². The molecule has 0 bridgehead atoms. The molecule has 1 aromatic heterocycles. The lowest BCUT2D eigenvalue weighted by Crippen LogP contribution is -2.31. The number of hydrogen-bond acceptors (Lipinski definition) is 4. The van der Waals surface area contributed by atoms with Crippen molar-refractivity contribution in [3.05, 3.63) is 46.8 Å². The molecule has 0 radical (unpaired) electrons. The number of aromatic nitrogens is 2. The highest BCUT2D eigenvalue weighted by Crippen LogP contribution is 2.23. The predicted octanol–water partition coefficient (Wildman–Crippen LogP) is 2.73. The van der Waals surface area contributed by atoms with Crippen molar-refractivity contribution in [2.75, 3.05) is 13.7 Å². The van der Waals surface area contributed by atoms with Crippen molar-refractivity contribution in [2.45, 2.75) is 45.2 Å². The van der Waals surface area contributed by atoms with E-state index in [-0.39, 0.29) is 11.9 Å². The van der Waals surface area contributed by atoms with E-state index in [4.69, 9.17) is 4.74 Å². The molecule has 6 heteroatoms. The average molecular weight is 342 g/mol. The summed E-state index contributed by atoms with van der Waals surface area (Å²) in [5.74, 6) is 0.704. The number of hydrogen-bond donors (Lipinski definition) is 3. The number of methoxy groups -OCH3 is 1. The monoisotopic (exact) mass is 342 g/mol. The minimum atomic E-state index is -0.113. The van der Waals surface area contributed by atoms with E-state index in [0.717, 1.165) is 54.8 Å². The topological polar surface area (TPSA) is 79.0 Å². The molecule has 1 aliphatic heterocycles. The molecule has 25 heavy (non-hydrogen) atoms. The van der Waals surface area contributed by atoms with Crippen LogP contribution in [-0.2, 0) is 13.0 Å². The third kappa shape index (κ3) is 4.02. The molecule has 2 heterocycles. The van der Waals surface area contributed by atoms with Crippen LogP contribution in [0.5, 0.6) is 5.75 Å². The predicted molar refractivity (Wildman–Crippen MR) is 96.7 cm³/mol. The number of H-pyrrole nitrogens is 1. The normalized spacial score (nSPS) is 14.6. The maximum absolute atomic E-state index is 12.8. The average Bonchev–Trinajstić information content (AvgIpc) is 3.09. The van der Waals surface area contributed by atoms with Crippen molar-refractivity contribution >= 4 is 5.91 Å². The second kappa shape index (κ2) is 8.16. The first-order valence-electron chi connectivity index (χ1n) is 8.94. The molecule has 1 atom stereocenters. The number of fused-ring (bicyclic) bond motifs is 1. The van der Waals surface area contributed by atoms with Crippen molar-refractivity contribution in [1.29, 1.82) is 0 Å². The van der Waals surface area contributed by atoms with E-state index in [1.54, 1.807) is 7.11 Å². The fourth-order valence-electron chi connectivity index (χ4n) is 3.21. The van der Waals surface area contributed by atoms with E-state index in [0.29, 0.717) is 12.2 Å². The molecule has 0 spiro atoms. The Bertz CT molecular complexity index is 709. The van der Waals surface area contributed by atoms with Gasteiger partial charge >= 0.3 is 0 Å². The Morgan fingerprint density at radius 1 is 1.36 bits per heavy atom. The van der Waals surface area contributed by atoms with E-state index in [9.17, 15) is 4.79 Å². The Balaban J connectivity index is 1.77. The number of rotatable bonds is 7. The van der Waals surface area contributed by atoms with Crippen LogP contribution in [0.4, 0.5) is 0 Å². The van der Waals surface area contributed by atoms with Gasteiger partial charge in [-0.1, -0.05) is 31.9 Å². The van der Waals surface area contributed by atoms with Gasteiger partial charge in [-0.3, -0.25) is 9.89 Å². The zero-order valence-electron chi connectivity index (χ0n) is 14.9. The largest absolute Gasteiger partial charge is 0.497 e. The summed E-state index contributed by atoms with van der Waals surface area (Å²) in [7, 11) is 1.65. The second-order valence-electron chi connectivity index (χ2n) is 6.40. The molecule has 0 aliphatic carbocycles. The van der Waals surface area contributed by atoms with Gasteiger partial charge in [-0.2, -0.15) is 5.10 Å². The van der Waals surface area contributed by atoms with E-state index in [2.05, 4.69) is 27.8 Å². The number of ether oxygens (including phenoxy) is 1. The van der Waals surface area contributed by atoms with Crippen LogP contribution in [0, 0.1) is 0 Å². The maximum atomic E-state index is 12.8. The standard InChI is InChI=1S/C19H26N4O2/c1-3-4-5-16(13-6-8-14(25-2)9-7-13)21-19(24)18-15-12-20-11-10-17(15)22-23-18/h6-9,16,20H,3-5,10-12H2,1-2H3,(H,21,24)(H,22,23). The zero-order chi connectivity index (χ0) is 17.6. The van der Waals surface area contributed by atoms with Gasteiger partial charge in [0.2, 0.25) is 0 Å². The summed E-state index contributed by atoms with van der Waals surface area (Å²) < 4.78 is 5.22. The van der Waals surface area contributed by atoms with E-state index >= 15 is 0 Å². The Hall–Kier alpha value is -2.34. The lowest BCUT2D eigenvalue weighted by Gasteiger charge is -2.20. The van der Waals surface area contributed by atoms with Crippen LogP contribution >= 0.6 is 0 Å². The molecule has 3 rings (SSSR count). The lowest BCUT2D eigenvalue weighted by atomic mass is 10.00. The van der Waals surface area contributed by atoms with Crippen molar-refractivity contribution in [1.82, 2.24) is 20.8 Å². The molecular weight excluding hydrogens is 316 g/mol. The first kappa shape index (κ1) is 17.5. The lowest BCUT2D eigenvalue weighted by molar-refractivity contribution is 0.0928. The molecule has 6 nitrogen and oxygen atoms in total. The van der Waals surface area contributed by atoms with Gasteiger partial charge in [0.15, 0.2) is 5.69 Å². The summed E-state index contributed by atoms with van der Waals surface area (Å²) in [6.07, 6.45) is 3.92. The highest BCUT2D eigenvalue weighted by Gasteiger charge is 2.23. The summed E-state index contributed by atoms with van der Waals surface area (Å²) in [5.41, 5.74) is 3.66. The van der Waals surface area contributed by atoms with Crippen LogP contribution < -0.4 is 15.4 Å². The van der Waals surface area contributed by atoms with Crippen molar-refractivity contribution in [2.24, 2.45) is 0 Å². The molecule has 1 unspecified atom stereocenters. The van der Waals surface area contributed by atoms with Gasteiger partial charge in [0.25, 0.3) is 5.91 Å². The molecule has 1 aromatic carbocycles. The van der Waals surface area contributed by atoms with Gasteiger partial charge in [-0.25, -0.2) is 0 Å². The van der Waals surface area contributed by atoms with Crippen LogP contribution in [0.15, 0.2) is 24.3 Å². The van der Waals surface area contributed by atoms with Crippen LogP contribution in [-0.4, -0.2) is 29.8 Å². The van der Waals surface area contributed by atoms with Gasteiger partial charge in [-0.15, -0.1) is 0 Å². The summed E-state index contributed by atoms with van der Waals surface area (Å²) in [5, 5.41) is 13.7. The molecule has 0 saturated heterocycles. The maximum Gasteiger partial charge on any atom is 0.272 e. The minimum absolute atomic E-state index is 0.0257. The number of carbonyl (C=O) groups excluding carboxylic acids is 1. The van der Waals surface area contributed by atoms with Gasteiger partial charge in [0.05, 0.1) is 13.2 Å². The van der Waals surface area contributed by atoms with Gasteiger partial charge < -0.3 is 15.4 Å². The molecule has 1 aliphatic rings. The zero-order valence-corrected chi connectivity index (χ0v) is 14.9. The van der Waals surface area contributed by atoms with Crippen LogP contribution in [0.25, 0.3) is 0 Å². The van der Waals surface area contributed by atoms with Crippen molar-refractivity contribution < 1.29 is 9.53 Å². The summed E-state index contributed by atoms with van der Waals surface area (Å²) in [6, 6.07) is 7.87. The first-order chi connectivity index (χ1) is 12.2. The fourth-order valence-corrected chi connectivity index (χ4v) is 3.21. The first-order valence-corrected chi connectivity index (χ1v) is 8.94. The van der Waals surface area contributed by atoms with Crippen molar-refractivity contribution in [3.8, 4) is 5.75 Å². The molecular formula is C19H26N4O2. The van der Waals surface area contributed by atoms with E-state index in [1.807, 2.05) is 24.3 Å². The van der Waals surface area contributed by atoms with Gasteiger partial charge in [0.1, 0.15) is 5.75 Å². The molecule has 1 amide bonds. The molecule has 134 valence electrons. The Kier molecular flexibility index (Phi) is 5.71. The third-order valence-corrected chi connectivity index (χ3v) is 4.69.